The summed E-state index contributed by atoms with van der Waals surface area (Å²) in [5, 5.41) is 0.974. The maximum absolute atomic E-state index is 13.3. The second kappa shape index (κ2) is 10.7. The lowest BCUT2D eigenvalue weighted by Crippen LogP contribution is -2.41. The van der Waals surface area contributed by atoms with Gasteiger partial charge in [0, 0.05) is 18.1 Å². The van der Waals surface area contributed by atoms with Gasteiger partial charge < -0.3 is 4.90 Å². The smallest absolute Gasteiger partial charge is 0.244 e. The first-order valence-electron chi connectivity index (χ1n) is 10.7. The topological polar surface area (TPSA) is 70.6 Å². The fourth-order valence-electron chi connectivity index (χ4n) is 3.47. The molecule has 0 atom stereocenters. The van der Waals surface area contributed by atoms with Gasteiger partial charge in [-0.1, -0.05) is 55.8 Å². The number of rotatable bonds is 10. The molecule has 1 heterocycles. The number of carbonyl (C=O) groups excluding carboxylic acids is 1. The van der Waals surface area contributed by atoms with Gasteiger partial charge in [0.25, 0.3) is 0 Å². The van der Waals surface area contributed by atoms with Crippen molar-refractivity contribution in [2.45, 2.75) is 32.1 Å². The molecule has 0 bridgehead atoms. The van der Waals surface area contributed by atoms with Gasteiger partial charge >= 0.3 is 0 Å². The van der Waals surface area contributed by atoms with E-state index in [0.29, 0.717) is 23.2 Å². The van der Waals surface area contributed by atoms with Crippen LogP contribution in [0.5, 0.6) is 0 Å². The van der Waals surface area contributed by atoms with Gasteiger partial charge in [0.05, 0.1) is 15.1 Å². The highest BCUT2D eigenvalue weighted by Gasteiger charge is 2.27. The first kappa shape index (κ1) is 24.6. The van der Waals surface area contributed by atoms with Crippen LogP contribution in [0.4, 0.5) is 5.13 Å². The molecule has 6 nitrogen and oxygen atoms in total. The lowest BCUT2D eigenvalue weighted by Gasteiger charge is -2.24. The third-order valence-corrected chi connectivity index (χ3v) is 8.34. The number of hydrogen-bond acceptors (Lipinski definition) is 6. The highest BCUT2D eigenvalue weighted by Crippen LogP contribution is 2.31. The quantitative estimate of drug-likeness (QED) is 0.410. The van der Waals surface area contributed by atoms with Crippen LogP contribution < -0.4 is 4.90 Å². The number of sulfone groups is 1. The molecule has 0 saturated heterocycles. The molecule has 1 amide bonds. The Bertz CT molecular complexity index is 1170. The first-order chi connectivity index (χ1) is 15.3. The number of likely N-dealkylation sites (N-methyl/N-ethyl adjacent to an activating group) is 1. The molecule has 0 saturated carbocycles. The van der Waals surface area contributed by atoms with E-state index in [1.54, 1.807) is 0 Å². The van der Waals surface area contributed by atoms with Crippen LogP contribution in [0.1, 0.15) is 26.3 Å². The molecule has 2 aromatic carbocycles. The average molecular weight is 494 g/mol. The molecule has 3 aromatic rings. The number of carbonyl (C=O) groups is 1. The number of amides is 1. The zero-order valence-electron chi connectivity index (χ0n) is 18.5. The molecule has 172 valence electrons. The van der Waals surface area contributed by atoms with E-state index in [2.05, 4.69) is 25.7 Å². The number of benzene rings is 2. The summed E-state index contributed by atoms with van der Waals surface area (Å²) in [6.45, 7) is 8.89. The second-order valence-corrected chi connectivity index (χ2v) is 10.8. The Balaban J connectivity index is 1.93. The Morgan fingerprint density at radius 2 is 1.72 bits per heavy atom. The zero-order chi connectivity index (χ0) is 23.3. The van der Waals surface area contributed by atoms with Crippen molar-refractivity contribution >= 4 is 54.0 Å². The van der Waals surface area contributed by atoms with Crippen LogP contribution in [0.15, 0.2) is 47.4 Å². The van der Waals surface area contributed by atoms with Crippen molar-refractivity contribution < 1.29 is 13.2 Å². The van der Waals surface area contributed by atoms with Crippen molar-refractivity contribution in [1.29, 1.82) is 0 Å². The zero-order valence-corrected chi connectivity index (χ0v) is 20.9. The number of anilines is 1. The summed E-state index contributed by atoms with van der Waals surface area (Å²) in [6.07, 6.45) is 0.832. The standard InChI is InChI=1S/C23H28ClN3O3S2/c1-4-17-8-7-9-20-22(17)25-23(31-20)27(15-14-26(5-2)6-3)21(28)16-32(29,30)19-12-10-18(24)11-13-19/h7-13H,4-6,14-16H2,1-3H3. The van der Waals surface area contributed by atoms with Crippen molar-refractivity contribution in [2.24, 2.45) is 0 Å². The van der Waals surface area contributed by atoms with E-state index in [-0.39, 0.29) is 4.90 Å². The summed E-state index contributed by atoms with van der Waals surface area (Å²) in [7, 11) is -3.81. The minimum atomic E-state index is -3.81. The summed E-state index contributed by atoms with van der Waals surface area (Å²) in [5.74, 6) is -1.10. The summed E-state index contributed by atoms with van der Waals surface area (Å²) in [6, 6.07) is 11.9. The summed E-state index contributed by atoms with van der Waals surface area (Å²) < 4.78 is 26.8. The monoisotopic (exact) mass is 493 g/mol. The molecule has 32 heavy (non-hydrogen) atoms. The van der Waals surface area contributed by atoms with Gasteiger partial charge in [-0.3, -0.25) is 9.69 Å². The normalized spacial score (nSPS) is 11.9. The van der Waals surface area contributed by atoms with Crippen molar-refractivity contribution in [2.75, 3.05) is 36.8 Å². The second-order valence-electron chi connectivity index (χ2n) is 7.40. The Labute approximate surface area is 198 Å². The number of aryl methyl sites for hydroxylation is 1. The fourth-order valence-corrected chi connectivity index (χ4v) is 5.85. The van der Waals surface area contributed by atoms with Crippen LogP contribution in [-0.2, 0) is 21.1 Å². The highest BCUT2D eigenvalue weighted by molar-refractivity contribution is 7.92. The molecule has 0 radical (unpaired) electrons. The molecular formula is C23H28ClN3O3S2. The van der Waals surface area contributed by atoms with E-state index in [1.165, 1.54) is 40.5 Å². The summed E-state index contributed by atoms with van der Waals surface area (Å²) in [4.78, 5) is 21.8. The lowest BCUT2D eigenvalue weighted by atomic mass is 10.1. The molecule has 0 aliphatic heterocycles. The van der Waals surface area contributed by atoms with E-state index in [0.717, 1.165) is 35.3 Å². The van der Waals surface area contributed by atoms with Crippen molar-refractivity contribution in [3.63, 3.8) is 0 Å². The van der Waals surface area contributed by atoms with Gasteiger partial charge in [-0.2, -0.15) is 0 Å². The predicted octanol–water partition coefficient (Wildman–Crippen LogP) is 4.66. The lowest BCUT2D eigenvalue weighted by molar-refractivity contribution is -0.116. The number of aromatic nitrogens is 1. The Morgan fingerprint density at radius 3 is 2.34 bits per heavy atom. The number of halogens is 1. The van der Waals surface area contributed by atoms with E-state index < -0.39 is 21.5 Å². The minimum Gasteiger partial charge on any atom is -0.302 e. The molecule has 0 spiro atoms. The largest absolute Gasteiger partial charge is 0.302 e. The van der Waals surface area contributed by atoms with Gasteiger partial charge in [-0.25, -0.2) is 13.4 Å². The third-order valence-electron chi connectivity index (χ3n) is 5.42. The molecule has 0 aliphatic rings. The van der Waals surface area contributed by atoms with Crippen LogP contribution in [0.2, 0.25) is 5.02 Å². The van der Waals surface area contributed by atoms with Crippen molar-refractivity contribution in [3.8, 4) is 0 Å². The molecule has 1 aromatic heterocycles. The van der Waals surface area contributed by atoms with Crippen LogP contribution in [-0.4, -0.2) is 56.1 Å². The van der Waals surface area contributed by atoms with E-state index in [1.807, 2.05) is 18.2 Å². The Kier molecular flexibility index (Phi) is 8.27. The van der Waals surface area contributed by atoms with Gasteiger partial charge in [-0.05, 0) is 55.4 Å². The van der Waals surface area contributed by atoms with Crippen LogP contribution in [0, 0.1) is 0 Å². The molecule has 9 heteroatoms. The maximum Gasteiger partial charge on any atom is 0.244 e. The highest BCUT2D eigenvalue weighted by atomic mass is 35.5. The van der Waals surface area contributed by atoms with Crippen molar-refractivity contribution in [1.82, 2.24) is 9.88 Å². The Morgan fingerprint density at radius 1 is 1.03 bits per heavy atom. The SMILES string of the molecule is CCc1cccc2sc(N(CCN(CC)CC)C(=O)CS(=O)(=O)c3ccc(Cl)cc3)nc12. The molecule has 0 N–H and O–H groups in total. The number of hydrogen-bond donors (Lipinski definition) is 0. The van der Waals surface area contributed by atoms with Gasteiger partial charge in [0.15, 0.2) is 15.0 Å². The van der Waals surface area contributed by atoms with Crippen LogP contribution in [0.3, 0.4) is 0 Å². The molecule has 3 rings (SSSR count). The van der Waals surface area contributed by atoms with Crippen LogP contribution >= 0.6 is 22.9 Å². The number of nitrogens with zero attached hydrogens (tertiary/aromatic N) is 3. The number of fused-ring (bicyclic) bond motifs is 1. The average Bonchev–Trinajstić information content (AvgIpc) is 3.20. The van der Waals surface area contributed by atoms with Gasteiger partial charge in [-0.15, -0.1) is 0 Å². The summed E-state index contributed by atoms with van der Waals surface area (Å²) in [5.41, 5.74) is 1.98. The van der Waals surface area contributed by atoms with Crippen LogP contribution in [0.25, 0.3) is 10.2 Å². The number of thiazole rings is 1. The molecule has 0 fully saturated rings. The third kappa shape index (κ3) is 5.67. The van der Waals surface area contributed by atoms with Crippen molar-refractivity contribution in [3.05, 3.63) is 53.1 Å². The Hall–Kier alpha value is -2.00. The predicted molar refractivity (Wildman–Crippen MR) is 133 cm³/mol. The van der Waals surface area contributed by atoms with E-state index >= 15 is 0 Å². The molecular weight excluding hydrogens is 466 g/mol. The summed E-state index contributed by atoms with van der Waals surface area (Å²) >= 11 is 7.30. The first-order valence-corrected chi connectivity index (χ1v) is 13.5. The maximum atomic E-state index is 13.3. The molecule has 0 unspecified atom stereocenters. The minimum absolute atomic E-state index is 0.0801. The molecule has 0 aliphatic carbocycles. The van der Waals surface area contributed by atoms with Gasteiger partial charge in [0.1, 0.15) is 5.75 Å². The van der Waals surface area contributed by atoms with E-state index in [4.69, 9.17) is 16.6 Å². The van der Waals surface area contributed by atoms with E-state index in [9.17, 15) is 13.2 Å². The van der Waals surface area contributed by atoms with Gasteiger partial charge in [0.2, 0.25) is 5.91 Å². The fraction of sp³-hybridized carbons (Fsp3) is 0.391. The number of para-hydroxylation sites is 1.